The van der Waals surface area contributed by atoms with E-state index in [2.05, 4.69) is 169 Å². The van der Waals surface area contributed by atoms with Gasteiger partial charge in [0.05, 0.1) is 0 Å². The van der Waals surface area contributed by atoms with Crippen LogP contribution in [0.2, 0.25) is 0 Å². The summed E-state index contributed by atoms with van der Waals surface area (Å²) < 4.78 is 12.8. The van der Waals surface area contributed by atoms with Crippen LogP contribution in [-0.4, -0.2) is 0 Å². The van der Waals surface area contributed by atoms with Crippen LogP contribution in [0.4, 0.5) is 17.1 Å². The summed E-state index contributed by atoms with van der Waals surface area (Å²) in [5, 5.41) is 6.80. The van der Waals surface area contributed by atoms with Gasteiger partial charge in [-0.15, -0.1) is 0 Å². The molecule has 0 radical (unpaired) electrons. The number of hydrogen-bond donors (Lipinski definition) is 0. The van der Waals surface area contributed by atoms with E-state index in [-0.39, 0.29) is 0 Å². The summed E-state index contributed by atoms with van der Waals surface area (Å²) >= 11 is 0. The van der Waals surface area contributed by atoms with Crippen LogP contribution in [0.5, 0.6) is 0 Å². The van der Waals surface area contributed by atoms with Crippen molar-refractivity contribution in [2.75, 3.05) is 4.90 Å². The first kappa shape index (κ1) is 27.5. The molecule has 0 fully saturated rings. The Hall–Kier alpha value is -6.58. The van der Waals surface area contributed by atoms with E-state index in [1.165, 1.54) is 16.5 Å². The quantitative estimate of drug-likeness (QED) is 0.190. The van der Waals surface area contributed by atoms with Gasteiger partial charge >= 0.3 is 0 Å². The molecule has 0 saturated carbocycles. The third-order valence-electron chi connectivity index (χ3n) is 9.66. The van der Waals surface area contributed by atoms with Gasteiger partial charge in [-0.25, -0.2) is 0 Å². The minimum absolute atomic E-state index is 0.887. The van der Waals surface area contributed by atoms with E-state index in [1.807, 2.05) is 12.1 Å². The molecule has 230 valence electrons. The molecule has 0 aliphatic rings. The van der Waals surface area contributed by atoms with E-state index >= 15 is 0 Å². The number of nitrogens with zero attached hydrogens (tertiary/aromatic N) is 1. The van der Waals surface area contributed by atoms with Gasteiger partial charge in [0.1, 0.15) is 22.3 Å². The summed E-state index contributed by atoms with van der Waals surface area (Å²) in [6.07, 6.45) is 0. The zero-order valence-corrected chi connectivity index (χ0v) is 26.5. The lowest BCUT2D eigenvalue weighted by molar-refractivity contribution is 0.669. The number of anilines is 3. The van der Waals surface area contributed by atoms with Crippen molar-refractivity contribution < 1.29 is 8.83 Å². The molecule has 3 nitrogen and oxygen atoms in total. The molecule has 49 heavy (non-hydrogen) atoms. The topological polar surface area (TPSA) is 29.5 Å². The highest BCUT2D eigenvalue weighted by Crippen LogP contribution is 2.42. The standard InChI is InChI=1S/C46H29NO2/c1-3-11-31(12-4-1)40-29-42-38-25-21-32(27-45(38)49-46(42)39-17-8-7-15-36(39)40)30-19-22-34(23-20-30)47(33-13-5-2-6-14-33)35-24-26-44-41(28-35)37-16-9-10-18-43(37)48-44/h1-29H. The monoisotopic (exact) mass is 627 g/mol. The Morgan fingerprint density at radius 1 is 0.306 bits per heavy atom. The van der Waals surface area contributed by atoms with Crippen molar-refractivity contribution in [1.29, 1.82) is 0 Å². The fourth-order valence-electron chi connectivity index (χ4n) is 7.31. The first-order valence-electron chi connectivity index (χ1n) is 16.6. The third kappa shape index (κ3) is 4.51. The second-order valence-corrected chi connectivity index (χ2v) is 12.5. The fraction of sp³-hybridized carbons (Fsp3) is 0. The van der Waals surface area contributed by atoms with Crippen LogP contribution in [0.1, 0.15) is 0 Å². The number of para-hydroxylation sites is 2. The Morgan fingerprint density at radius 2 is 0.918 bits per heavy atom. The molecule has 0 unspecified atom stereocenters. The summed E-state index contributed by atoms with van der Waals surface area (Å²) in [7, 11) is 0. The fourth-order valence-corrected chi connectivity index (χ4v) is 7.31. The van der Waals surface area contributed by atoms with Gasteiger partial charge in [-0.05, 0) is 94.4 Å². The van der Waals surface area contributed by atoms with E-state index in [4.69, 9.17) is 8.83 Å². The lowest BCUT2D eigenvalue weighted by Crippen LogP contribution is -2.09. The van der Waals surface area contributed by atoms with Gasteiger partial charge in [0.25, 0.3) is 0 Å². The molecule has 10 rings (SSSR count). The number of benzene rings is 8. The van der Waals surface area contributed by atoms with E-state index < -0.39 is 0 Å². The number of fused-ring (bicyclic) bond motifs is 8. The van der Waals surface area contributed by atoms with Crippen LogP contribution in [0.25, 0.3) is 76.9 Å². The second-order valence-electron chi connectivity index (χ2n) is 12.5. The van der Waals surface area contributed by atoms with Gasteiger partial charge in [-0.1, -0.05) is 109 Å². The molecule has 10 aromatic rings. The minimum Gasteiger partial charge on any atom is -0.456 e. The molecule has 0 aliphatic heterocycles. The molecular weight excluding hydrogens is 599 g/mol. The van der Waals surface area contributed by atoms with Gasteiger partial charge in [-0.3, -0.25) is 0 Å². The summed E-state index contributed by atoms with van der Waals surface area (Å²) in [4.78, 5) is 2.29. The SMILES string of the molecule is c1ccc(-c2cc3c4ccc(-c5ccc(N(c6ccccc6)c6ccc7oc8ccccc8c7c6)cc5)cc4oc3c3ccccc23)cc1. The van der Waals surface area contributed by atoms with Crippen LogP contribution in [-0.2, 0) is 0 Å². The van der Waals surface area contributed by atoms with Gasteiger partial charge in [0, 0.05) is 44.0 Å². The third-order valence-corrected chi connectivity index (χ3v) is 9.66. The molecule has 0 N–H and O–H groups in total. The van der Waals surface area contributed by atoms with Crippen molar-refractivity contribution in [2.24, 2.45) is 0 Å². The second kappa shape index (κ2) is 11.0. The minimum atomic E-state index is 0.887. The highest BCUT2D eigenvalue weighted by molar-refractivity contribution is 6.19. The molecule has 3 heteroatoms. The van der Waals surface area contributed by atoms with Gasteiger partial charge < -0.3 is 13.7 Å². The maximum atomic E-state index is 6.64. The van der Waals surface area contributed by atoms with Crippen LogP contribution in [0.3, 0.4) is 0 Å². The summed E-state index contributed by atoms with van der Waals surface area (Å²) in [5.74, 6) is 0. The first-order valence-corrected chi connectivity index (χ1v) is 16.6. The Bertz CT molecular complexity index is 2810. The summed E-state index contributed by atoms with van der Waals surface area (Å²) in [6.45, 7) is 0. The zero-order valence-electron chi connectivity index (χ0n) is 26.5. The van der Waals surface area contributed by atoms with Crippen LogP contribution in [0, 0.1) is 0 Å². The average Bonchev–Trinajstić information content (AvgIpc) is 3.73. The molecule has 0 atom stereocenters. The largest absolute Gasteiger partial charge is 0.456 e. The van der Waals surface area contributed by atoms with Crippen molar-refractivity contribution in [3.05, 3.63) is 176 Å². The van der Waals surface area contributed by atoms with Crippen molar-refractivity contribution in [3.8, 4) is 22.3 Å². The Kier molecular flexibility index (Phi) is 6.18. The first-order chi connectivity index (χ1) is 24.3. The van der Waals surface area contributed by atoms with Gasteiger partial charge in [0.2, 0.25) is 0 Å². The molecule has 0 saturated heterocycles. The molecule has 8 aromatic carbocycles. The van der Waals surface area contributed by atoms with Crippen molar-refractivity contribution >= 4 is 71.7 Å². The Morgan fingerprint density at radius 3 is 1.73 bits per heavy atom. The maximum Gasteiger partial charge on any atom is 0.143 e. The number of hydrogen-bond acceptors (Lipinski definition) is 3. The normalized spacial score (nSPS) is 11.7. The van der Waals surface area contributed by atoms with Gasteiger partial charge in [0.15, 0.2) is 0 Å². The summed E-state index contributed by atoms with van der Waals surface area (Å²) in [5.41, 5.74) is 11.5. The lowest BCUT2D eigenvalue weighted by Gasteiger charge is -2.25. The average molecular weight is 628 g/mol. The molecule has 0 spiro atoms. The number of rotatable bonds is 5. The van der Waals surface area contributed by atoms with Gasteiger partial charge in [-0.2, -0.15) is 0 Å². The van der Waals surface area contributed by atoms with Crippen LogP contribution in [0.15, 0.2) is 185 Å². The Labute approximate surface area is 282 Å². The molecule has 0 bridgehead atoms. The smallest absolute Gasteiger partial charge is 0.143 e. The predicted octanol–water partition coefficient (Wildman–Crippen LogP) is 13.4. The highest BCUT2D eigenvalue weighted by Gasteiger charge is 2.17. The predicted molar refractivity (Wildman–Crippen MR) is 204 cm³/mol. The lowest BCUT2D eigenvalue weighted by atomic mass is 9.95. The van der Waals surface area contributed by atoms with E-state index in [0.717, 1.165) is 77.5 Å². The summed E-state index contributed by atoms with van der Waals surface area (Å²) in [6, 6.07) is 62.0. The van der Waals surface area contributed by atoms with E-state index in [1.54, 1.807) is 0 Å². The number of furan rings is 2. The van der Waals surface area contributed by atoms with Crippen molar-refractivity contribution in [2.45, 2.75) is 0 Å². The van der Waals surface area contributed by atoms with Crippen LogP contribution < -0.4 is 4.90 Å². The molecule has 0 amide bonds. The zero-order chi connectivity index (χ0) is 32.3. The highest BCUT2D eigenvalue weighted by atomic mass is 16.3. The van der Waals surface area contributed by atoms with E-state index in [9.17, 15) is 0 Å². The Balaban J connectivity index is 1.06. The molecule has 2 aromatic heterocycles. The van der Waals surface area contributed by atoms with E-state index in [0.29, 0.717) is 0 Å². The van der Waals surface area contributed by atoms with Crippen molar-refractivity contribution in [1.82, 2.24) is 0 Å². The van der Waals surface area contributed by atoms with Crippen LogP contribution >= 0.6 is 0 Å². The molecular formula is C46H29NO2. The molecule has 2 heterocycles. The molecule has 0 aliphatic carbocycles. The maximum absolute atomic E-state index is 6.64. The van der Waals surface area contributed by atoms with Crippen molar-refractivity contribution in [3.63, 3.8) is 0 Å².